The Balaban J connectivity index is 1.69. The average molecular weight is 328 g/mol. The summed E-state index contributed by atoms with van der Waals surface area (Å²) in [7, 11) is 0. The van der Waals surface area contributed by atoms with Crippen molar-refractivity contribution in [3.63, 3.8) is 0 Å². The van der Waals surface area contributed by atoms with E-state index >= 15 is 0 Å². The Kier molecular flexibility index (Phi) is 3.78. The molecule has 2 aromatic rings. The first kappa shape index (κ1) is 15.3. The van der Waals surface area contributed by atoms with Gasteiger partial charge in [-0.2, -0.15) is 0 Å². The maximum Gasteiger partial charge on any atom is 0.363 e. The minimum atomic E-state index is -0.793. The van der Waals surface area contributed by atoms with E-state index in [1.54, 1.807) is 12.1 Å². The molecule has 122 valence electrons. The number of benzene rings is 1. The average Bonchev–Trinajstić information content (AvgIpc) is 3.05. The normalized spacial score (nSPS) is 13.6. The van der Waals surface area contributed by atoms with Crippen molar-refractivity contribution in [2.75, 3.05) is 0 Å². The standard InChI is InChI=1S/C16H12N2O6/c19-12-5-6-13(20)17(12)9-10-1-3-11(4-2-10)16(23)24-18-14(21)7-8-15(18)22/h1-8,21-22H,9H2. The van der Waals surface area contributed by atoms with Gasteiger partial charge in [0.2, 0.25) is 11.8 Å². The van der Waals surface area contributed by atoms with Gasteiger partial charge in [-0.1, -0.05) is 12.1 Å². The van der Waals surface area contributed by atoms with Crippen LogP contribution in [0.25, 0.3) is 0 Å². The number of amides is 2. The molecule has 0 aliphatic carbocycles. The minimum Gasteiger partial charge on any atom is -0.492 e. The van der Waals surface area contributed by atoms with Crippen LogP contribution >= 0.6 is 0 Å². The molecule has 3 rings (SSSR count). The third-order valence-electron chi connectivity index (χ3n) is 3.40. The van der Waals surface area contributed by atoms with Gasteiger partial charge in [0.05, 0.1) is 12.1 Å². The summed E-state index contributed by atoms with van der Waals surface area (Å²) < 4.78 is 0.587. The van der Waals surface area contributed by atoms with Crippen molar-refractivity contribution in [3.8, 4) is 11.8 Å². The molecule has 0 atom stereocenters. The summed E-state index contributed by atoms with van der Waals surface area (Å²) in [4.78, 5) is 40.9. The SMILES string of the molecule is O=C(On1c(O)ccc1O)c1ccc(CN2C(=O)C=CC2=O)cc1. The van der Waals surface area contributed by atoms with E-state index in [2.05, 4.69) is 0 Å². The van der Waals surface area contributed by atoms with Crippen LogP contribution in [0.4, 0.5) is 0 Å². The van der Waals surface area contributed by atoms with Crippen LogP contribution in [0.3, 0.4) is 0 Å². The minimum absolute atomic E-state index is 0.0964. The predicted molar refractivity (Wildman–Crippen MR) is 79.8 cm³/mol. The molecule has 0 saturated heterocycles. The van der Waals surface area contributed by atoms with Gasteiger partial charge in [0.1, 0.15) is 0 Å². The number of hydrogen-bond donors (Lipinski definition) is 2. The van der Waals surface area contributed by atoms with E-state index in [-0.39, 0.29) is 23.9 Å². The zero-order valence-corrected chi connectivity index (χ0v) is 12.2. The van der Waals surface area contributed by atoms with Gasteiger partial charge < -0.3 is 15.1 Å². The third-order valence-corrected chi connectivity index (χ3v) is 3.40. The van der Waals surface area contributed by atoms with Gasteiger partial charge in [0.15, 0.2) is 0 Å². The first-order valence-electron chi connectivity index (χ1n) is 6.90. The van der Waals surface area contributed by atoms with Gasteiger partial charge in [0.25, 0.3) is 11.8 Å². The zero-order chi connectivity index (χ0) is 17.3. The summed E-state index contributed by atoms with van der Waals surface area (Å²) in [6, 6.07) is 8.39. The van der Waals surface area contributed by atoms with Gasteiger partial charge in [0, 0.05) is 24.3 Å². The van der Waals surface area contributed by atoms with Gasteiger partial charge >= 0.3 is 5.97 Å². The molecule has 2 heterocycles. The van der Waals surface area contributed by atoms with Crippen molar-refractivity contribution in [1.29, 1.82) is 0 Å². The molecule has 1 aliphatic heterocycles. The fourth-order valence-corrected chi connectivity index (χ4v) is 2.15. The smallest absolute Gasteiger partial charge is 0.363 e. The van der Waals surface area contributed by atoms with Crippen LogP contribution in [-0.4, -0.2) is 37.6 Å². The highest BCUT2D eigenvalue weighted by atomic mass is 16.7. The lowest BCUT2D eigenvalue weighted by Crippen LogP contribution is -2.29. The highest BCUT2D eigenvalue weighted by Crippen LogP contribution is 2.19. The van der Waals surface area contributed by atoms with Crippen molar-refractivity contribution in [3.05, 3.63) is 59.7 Å². The molecule has 2 N–H and O–H groups in total. The summed E-state index contributed by atoms with van der Waals surface area (Å²) in [5, 5.41) is 18.9. The first-order chi connectivity index (χ1) is 11.5. The van der Waals surface area contributed by atoms with Gasteiger partial charge in [-0.05, 0) is 17.7 Å². The molecule has 1 aromatic heterocycles. The summed E-state index contributed by atoms with van der Waals surface area (Å²) in [6.45, 7) is 0.0964. The van der Waals surface area contributed by atoms with E-state index in [4.69, 9.17) is 4.84 Å². The Labute approximate surface area is 135 Å². The zero-order valence-electron chi connectivity index (χ0n) is 12.2. The largest absolute Gasteiger partial charge is 0.492 e. The summed E-state index contributed by atoms with van der Waals surface area (Å²) in [5.41, 5.74) is 0.826. The molecule has 0 radical (unpaired) electrons. The lowest BCUT2D eigenvalue weighted by molar-refractivity contribution is -0.137. The second-order valence-electron chi connectivity index (χ2n) is 5.02. The molecule has 8 nitrogen and oxygen atoms in total. The number of hydrogen-bond acceptors (Lipinski definition) is 6. The Hall–Kier alpha value is -3.55. The number of carbonyl (C=O) groups excluding carboxylic acids is 3. The summed E-state index contributed by atoms with van der Waals surface area (Å²) in [6.07, 6.45) is 2.40. The molecule has 0 unspecified atom stereocenters. The molecular weight excluding hydrogens is 316 g/mol. The van der Waals surface area contributed by atoms with Crippen molar-refractivity contribution in [2.45, 2.75) is 6.54 Å². The van der Waals surface area contributed by atoms with E-state index in [1.165, 1.54) is 36.4 Å². The number of rotatable bonds is 4. The van der Waals surface area contributed by atoms with Crippen molar-refractivity contribution in [1.82, 2.24) is 9.63 Å². The van der Waals surface area contributed by atoms with E-state index in [9.17, 15) is 24.6 Å². The number of imide groups is 1. The number of aromatic nitrogens is 1. The van der Waals surface area contributed by atoms with Crippen LogP contribution in [0, 0.1) is 0 Å². The number of carbonyl (C=O) groups is 3. The van der Waals surface area contributed by atoms with Crippen molar-refractivity contribution < 1.29 is 29.4 Å². The monoisotopic (exact) mass is 328 g/mol. The molecule has 2 amide bonds. The van der Waals surface area contributed by atoms with Gasteiger partial charge in [-0.15, -0.1) is 4.73 Å². The molecule has 8 heteroatoms. The summed E-state index contributed by atoms with van der Waals surface area (Å²) >= 11 is 0. The number of nitrogens with zero attached hydrogens (tertiary/aromatic N) is 2. The lowest BCUT2D eigenvalue weighted by atomic mass is 10.1. The predicted octanol–water partition coefficient (Wildman–Crippen LogP) is 0.593. The molecule has 1 aromatic carbocycles. The summed E-state index contributed by atoms with van der Waals surface area (Å²) in [5.74, 6) is -2.41. The van der Waals surface area contributed by atoms with Crippen LogP contribution in [0.15, 0.2) is 48.6 Å². The fourth-order valence-electron chi connectivity index (χ4n) is 2.15. The lowest BCUT2D eigenvalue weighted by Gasteiger charge is -2.13. The topological polar surface area (TPSA) is 109 Å². The second-order valence-corrected chi connectivity index (χ2v) is 5.02. The molecule has 0 fully saturated rings. The van der Waals surface area contributed by atoms with Crippen LogP contribution in [0.5, 0.6) is 11.8 Å². The van der Waals surface area contributed by atoms with E-state index in [0.29, 0.717) is 10.3 Å². The molecule has 0 saturated carbocycles. The van der Waals surface area contributed by atoms with Crippen LogP contribution in [0.1, 0.15) is 15.9 Å². The maximum atomic E-state index is 12.0. The Morgan fingerprint density at radius 2 is 1.46 bits per heavy atom. The fraction of sp³-hybridized carbons (Fsp3) is 0.0625. The molecule has 24 heavy (non-hydrogen) atoms. The second kappa shape index (κ2) is 5.92. The molecule has 0 spiro atoms. The van der Waals surface area contributed by atoms with E-state index in [1.807, 2.05) is 0 Å². The molecule has 0 bridgehead atoms. The van der Waals surface area contributed by atoms with Crippen LogP contribution in [-0.2, 0) is 16.1 Å². The Bertz CT molecular complexity index is 812. The first-order valence-corrected chi connectivity index (χ1v) is 6.90. The van der Waals surface area contributed by atoms with Gasteiger partial charge in [-0.3, -0.25) is 14.5 Å². The maximum absolute atomic E-state index is 12.0. The Morgan fingerprint density at radius 1 is 0.917 bits per heavy atom. The third kappa shape index (κ3) is 2.84. The highest BCUT2D eigenvalue weighted by molar-refractivity contribution is 6.12. The highest BCUT2D eigenvalue weighted by Gasteiger charge is 2.23. The van der Waals surface area contributed by atoms with Crippen molar-refractivity contribution >= 4 is 17.8 Å². The van der Waals surface area contributed by atoms with E-state index < -0.39 is 17.7 Å². The Morgan fingerprint density at radius 3 is 2.00 bits per heavy atom. The van der Waals surface area contributed by atoms with Crippen LogP contribution < -0.4 is 4.84 Å². The van der Waals surface area contributed by atoms with Crippen LogP contribution in [0.2, 0.25) is 0 Å². The molecular formula is C16H12N2O6. The number of aromatic hydroxyl groups is 2. The van der Waals surface area contributed by atoms with E-state index in [0.717, 1.165) is 4.90 Å². The van der Waals surface area contributed by atoms with Gasteiger partial charge in [-0.25, -0.2) is 4.79 Å². The van der Waals surface area contributed by atoms with Crippen molar-refractivity contribution in [2.24, 2.45) is 0 Å². The molecule has 1 aliphatic rings. The quantitative estimate of drug-likeness (QED) is 0.795.